The van der Waals surface area contributed by atoms with E-state index in [2.05, 4.69) is 4.85 Å². The number of nitrogens with zero attached hydrogens (tertiary/aromatic N) is 4. The van der Waals surface area contributed by atoms with E-state index in [9.17, 15) is 30.9 Å². The van der Waals surface area contributed by atoms with Gasteiger partial charge in [0.25, 0.3) is 10.1 Å². The van der Waals surface area contributed by atoms with Gasteiger partial charge in [0.2, 0.25) is 5.70 Å². The molecule has 1 atom stereocenters. The molecule has 0 aromatic heterocycles. The van der Waals surface area contributed by atoms with Gasteiger partial charge in [0.15, 0.2) is 0 Å². The number of rotatable bonds is 3. The fourth-order valence-electron chi connectivity index (χ4n) is 3.58. The summed E-state index contributed by atoms with van der Waals surface area (Å²) in [6, 6.07) is 7.03. The maximum atomic E-state index is 13.2. The molecule has 8 nitrogen and oxygen atoms in total. The molecule has 2 aromatic rings. The number of carbonyl (C=O) groups excluding carboxylic acids is 1. The van der Waals surface area contributed by atoms with Crippen LogP contribution in [0.1, 0.15) is 29.7 Å². The van der Waals surface area contributed by atoms with Gasteiger partial charge in [-0.2, -0.15) is 26.9 Å². The van der Waals surface area contributed by atoms with Gasteiger partial charge < -0.3 is 4.90 Å². The van der Waals surface area contributed by atoms with Gasteiger partial charge in [0, 0.05) is 18.4 Å². The van der Waals surface area contributed by atoms with Gasteiger partial charge in [-0.05, 0) is 42.8 Å². The number of amides is 2. The number of hydrogen-bond acceptors (Lipinski definition) is 4. The van der Waals surface area contributed by atoms with E-state index in [1.807, 2.05) is 0 Å². The van der Waals surface area contributed by atoms with Crippen LogP contribution >= 0.6 is 0 Å². The minimum Gasteiger partial charge on any atom is -0.325 e. The van der Waals surface area contributed by atoms with Crippen LogP contribution in [0.25, 0.3) is 4.85 Å². The van der Waals surface area contributed by atoms with Gasteiger partial charge in [-0.15, -0.1) is 0 Å². The number of allylic oxidation sites excluding steroid dienone is 1. The number of halogens is 3. The summed E-state index contributed by atoms with van der Waals surface area (Å²) in [6.45, 7) is 8.97. The Labute approximate surface area is 187 Å². The Bertz CT molecular complexity index is 1370. The summed E-state index contributed by atoms with van der Waals surface area (Å²) in [4.78, 5) is 17.9. The van der Waals surface area contributed by atoms with Gasteiger partial charge >= 0.3 is 12.2 Å². The fraction of sp³-hybridized carbons (Fsp3) is 0.190. The van der Waals surface area contributed by atoms with Crippen LogP contribution in [-0.4, -0.2) is 30.9 Å². The second kappa shape index (κ2) is 8.24. The van der Waals surface area contributed by atoms with E-state index in [0.717, 1.165) is 34.1 Å². The van der Waals surface area contributed by atoms with Crippen LogP contribution in [-0.2, 0) is 16.3 Å². The van der Waals surface area contributed by atoms with Crippen molar-refractivity contribution in [2.24, 2.45) is 0 Å². The van der Waals surface area contributed by atoms with Crippen molar-refractivity contribution in [2.75, 3.05) is 11.9 Å². The molecule has 33 heavy (non-hydrogen) atoms. The third kappa shape index (κ3) is 4.26. The van der Waals surface area contributed by atoms with Crippen LogP contribution in [0.2, 0.25) is 0 Å². The van der Waals surface area contributed by atoms with Gasteiger partial charge in [0.05, 0.1) is 34.7 Å². The highest BCUT2D eigenvalue weighted by Gasteiger charge is 2.41. The van der Waals surface area contributed by atoms with Crippen molar-refractivity contribution >= 4 is 21.8 Å². The molecule has 12 heteroatoms. The molecule has 1 aliphatic rings. The average Bonchev–Trinajstić information content (AvgIpc) is 2.75. The molecule has 1 N–H and O–H groups in total. The molecule has 0 saturated carbocycles. The first-order valence-corrected chi connectivity index (χ1v) is 10.6. The SMILES string of the molecule is [C-]#[N+]C1=C(C)N(c2cccc(C(F)(F)F)c2)C(=O)N(C)[C@@H]1c1ccc(C#N)cc1S(=O)(=O)O. The summed E-state index contributed by atoms with van der Waals surface area (Å²) in [5.41, 5.74) is -1.50. The molecule has 0 unspecified atom stereocenters. The third-order valence-corrected chi connectivity index (χ3v) is 6.02. The van der Waals surface area contributed by atoms with Crippen molar-refractivity contribution < 1.29 is 30.9 Å². The largest absolute Gasteiger partial charge is 0.416 e. The second-order valence-corrected chi connectivity index (χ2v) is 8.49. The number of hydrogen-bond donors (Lipinski definition) is 1. The Morgan fingerprint density at radius 3 is 2.42 bits per heavy atom. The van der Waals surface area contributed by atoms with E-state index in [0.29, 0.717) is 0 Å². The fourth-order valence-corrected chi connectivity index (χ4v) is 4.34. The van der Waals surface area contributed by atoms with Crippen LogP contribution in [0, 0.1) is 17.9 Å². The van der Waals surface area contributed by atoms with Crippen LogP contribution in [0.15, 0.2) is 58.8 Å². The lowest BCUT2D eigenvalue weighted by Gasteiger charge is -2.40. The number of anilines is 1. The number of carbonyl (C=O) groups is 1. The zero-order valence-electron chi connectivity index (χ0n) is 17.1. The monoisotopic (exact) mass is 476 g/mol. The smallest absolute Gasteiger partial charge is 0.325 e. The van der Waals surface area contributed by atoms with E-state index >= 15 is 0 Å². The molecule has 0 spiro atoms. The first kappa shape index (κ1) is 23.8. The molecule has 1 heterocycles. The van der Waals surface area contributed by atoms with Crippen molar-refractivity contribution in [1.82, 2.24) is 4.90 Å². The lowest BCUT2D eigenvalue weighted by molar-refractivity contribution is -0.137. The van der Waals surface area contributed by atoms with Crippen LogP contribution in [0.3, 0.4) is 0 Å². The number of nitriles is 1. The highest BCUT2D eigenvalue weighted by Crippen LogP contribution is 2.42. The Morgan fingerprint density at radius 1 is 1.21 bits per heavy atom. The third-order valence-electron chi connectivity index (χ3n) is 5.11. The zero-order chi connectivity index (χ0) is 24.7. The highest BCUT2D eigenvalue weighted by atomic mass is 32.2. The first-order chi connectivity index (χ1) is 15.3. The molecule has 3 rings (SSSR count). The molecule has 0 bridgehead atoms. The molecule has 2 aromatic carbocycles. The lowest BCUT2D eigenvalue weighted by atomic mass is 9.97. The minimum absolute atomic E-state index is 0.0110. The summed E-state index contributed by atoms with van der Waals surface area (Å²) >= 11 is 0. The van der Waals surface area contributed by atoms with Crippen LogP contribution < -0.4 is 4.90 Å². The van der Waals surface area contributed by atoms with Crippen molar-refractivity contribution in [3.8, 4) is 6.07 Å². The standard InChI is InChI=1S/C21H15F3N4O4S/c1-12-18(26-2)19(16-8-7-13(11-25)9-17(16)33(30,31)32)27(3)20(29)28(12)15-6-4-5-14(10-15)21(22,23)24/h4-10,19H,1,3H3,(H,30,31,32)/t19-/m1/s1. The summed E-state index contributed by atoms with van der Waals surface area (Å²) in [5.74, 6) is 0. The molecule has 0 fully saturated rings. The summed E-state index contributed by atoms with van der Waals surface area (Å²) in [6.07, 6.45) is -4.66. The molecule has 2 amide bonds. The zero-order valence-corrected chi connectivity index (χ0v) is 17.9. The average molecular weight is 476 g/mol. The quantitative estimate of drug-likeness (QED) is 0.515. The highest BCUT2D eigenvalue weighted by molar-refractivity contribution is 7.85. The molecule has 0 aliphatic carbocycles. The maximum absolute atomic E-state index is 13.2. The minimum atomic E-state index is -4.85. The Morgan fingerprint density at radius 2 is 1.88 bits per heavy atom. The Balaban J connectivity index is 2.25. The molecule has 1 aliphatic heterocycles. The van der Waals surface area contributed by atoms with Gasteiger partial charge in [-0.3, -0.25) is 9.45 Å². The number of benzene rings is 2. The Kier molecular flexibility index (Phi) is 5.94. The number of likely N-dealkylation sites (N-methyl/N-ethyl adjacent to an activating group) is 1. The van der Waals surface area contributed by atoms with Crippen molar-refractivity contribution in [3.63, 3.8) is 0 Å². The van der Waals surface area contributed by atoms with Crippen LogP contribution in [0.5, 0.6) is 0 Å². The molecular formula is C21H15F3N4O4S. The predicted molar refractivity (Wildman–Crippen MR) is 110 cm³/mol. The molecule has 0 radical (unpaired) electrons. The lowest BCUT2D eigenvalue weighted by Crippen LogP contribution is -2.47. The van der Waals surface area contributed by atoms with E-state index in [1.165, 1.54) is 32.2 Å². The van der Waals surface area contributed by atoms with Crippen molar-refractivity contribution in [3.05, 3.63) is 82.0 Å². The van der Waals surface area contributed by atoms with E-state index in [1.54, 1.807) is 6.07 Å². The van der Waals surface area contributed by atoms with Crippen LogP contribution in [0.4, 0.5) is 23.7 Å². The number of urea groups is 1. The Hall–Kier alpha value is -3.87. The summed E-state index contributed by atoms with van der Waals surface area (Å²) < 4.78 is 73.2. The van der Waals surface area contributed by atoms with E-state index < -0.39 is 38.8 Å². The molecule has 170 valence electrons. The van der Waals surface area contributed by atoms with Crippen molar-refractivity contribution in [2.45, 2.75) is 24.0 Å². The number of alkyl halides is 3. The maximum Gasteiger partial charge on any atom is 0.416 e. The first-order valence-electron chi connectivity index (χ1n) is 9.15. The van der Waals surface area contributed by atoms with Gasteiger partial charge in [-0.25, -0.2) is 9.64 Å². The summed E-state index contributed by atoms with van der Waals surface area (Å²) in [5, 5.41) is 9.07. The van der Waals surface area contributed by atoms with Gasteiger partial charge in [0.1, 0.15) is 0 Å². The van der Waals surface area contributed by atoms with E-state index in [-0.39, 0.29) is 28.2 Å². The topological polar surface area (TPSA) is 106 Å². The van der Waals surface area contributed by atoms with E-state index in [4.69, 9.17) is 11.8 Å². The summed E-state index contributed by atoms with van der Waals surface area (Å²) in [7, 11) is -3.60. The van der Waals surface area contributed by atoms with Crippen molar-refractivity contribution in [1.29, 1.82) is 5.26 Å². The normalized spacial score (nSPS) is 17.1. The molecule has 0 saturated heterocycles. The predicted octanol–water partition coefficient (Wildman–Crippen LogP) is 4.59. The van der Waals surface area contributed by atoms with Gasteiger partial charge in [-0.1, -0.05) is 12.1 Å². The second-order valence-electron chi connectivity index (χ2n) is 7.10. The molecular weight excluding hydrogens is 461 g/mol.